The number of piperazine rings is 1. The van der Waals surface area contributed by atoms with Crippen LogP contribution in [0.1, 0.15) is 17.5 Å². The van der Waals surface area contributed by atoms with Crippen molar-refractivity contribution in [2.75, 3.05) is 46.3 Å². The fourth-order valence-corrected chi connectivity index (χ4v) is 4.03. The van der Waals surface area contributed by atoms with E-state index < -0.39 is 17.8 Å². The lowest BCUT2D eigenvalue weighted by atomic mass is 9.87. The molecule has 0 aliphatic carbocycles. The molecule has 0 radical (unpaired) electrons. The van der Waals surface area contributed by atoms with Crippen molar-refractivity contribution < 1.29 is 19.5 Å². The zero-order valence-corrected chi connectivity index (χ0v) is 16.6. The highest BCUT2D eigenvalue weighted by molar-refractivity contribution is 5.84. The number of aryl methyl sites for hydroxylation is 1. The molecule has 2 aliphatic heterocycles. The average Bonchev–Trinajstić information content (AvgIpc) is 2.69. The van der Waals surface area contributed by atoms with Gasteiger partial charge in [0.15, 0.2) is 0 Å². The van der Waals surface area contributed by atoms with Gasteiger partial charge in [-0.25, -0.2) is 0 Å². The number of carbonyl (C=O) groups is 3. The largest absolute Gasteiger partial charge is 0.481 e. The van der Waals surface area contributed by atoms with Crippen LogP contribution in [0, 0.1) is 18.8 Å². The highest BCUT2D eigenvalue weighted by atomic mass is 16.4. The number of carboxylic acid groups (broad SMARTS) is 1. The molecule has 2 atom stereocenters. The van der Waals surface area contributed by atoms with E-state index >= 15 is 0 Å². The third-order valence-corrected chi connectivity index (χ3v) is 5.92. The van der Waals surface area contributed by atoms with Crippen molar-refractivity contribution in [3.05, 3.63) is 35.4 Å². The number of likely N-dealkylation sites (N-methyl/N-ethyl adjacent to an activating group) is 1. The number of hydrogen-bond acceptors (Lipinski definition) is 4. The van der Waals surface area contributed by atoms with Gasteiger partial charge in [-0.2, -0.15) is 0 Å². The number of nitrogens with zero attached hydrogens (tertiary/aromatic N) is 3. The first kappa shape index (κ1) is 20.3. The van der Waals surface area contributed by atoms with Crippen molar-refractivity contribution in [1.29, 1.82) is 0 Å². The van der Waals surface area contributed by atoms with Crippen molar-refractivity contribution in [3.8, 4) is 0 Å². The predicted molar refractivity (Wildman–Crippen MR) is 105 cm³/mol. The number of likely N-dealkylation sites (tertiary alicyclic amines) is 1. The molecule has 2 fully saturated rings. The summed E-state index contributed by atoms with van der Waals surface area (Å²) in [7, 11) is 2.02. The average molecular weight is 387 g/mol. The van der Waals surface area contributed by atoms with Crippen LogP contribution in [-0.2, 0) is 20.8 Å². The maximum Gasteiger partial charge on any atom is 0.308 e. The Balaban J connectivity index is 1.70. The molecule has 2 heterocycles. The van der Waals surface area contributed by atoms with Crippen LogP contribution in [0.3, 0.4) is 0 Å². The number of benzene rings is 1. The Labute approximate surface area is 165 Å². The van der Waals surface area contributed by atoms with Crippen LogP contribution < -0.4 is 0 Å². The van der Waals surface area contributed by atoms with E-state index in [1.807, 2.05) is 43.1 Å². The van der Waals surface area contributed by atoms with Crippen LogP contribution in [0.25, 0.3) is 0 Å². The topological polar surface area (TPSA) is 81.2 Å². The van der Waals surface area contributed by atoms with E-state index in [0.717, 1.165) is 24.2 Å². The van der Waals surface area contributed by atoms with Gasteiger partial charge in [0.2, 0.25) is 11.8 Å². The summed E-state index contributed by atoms with van der Waals surface area (Å²) in [6.45, 7) is 5.37. The van der Waals surface area contributed by atoms with Crippen LogP contribution in [0.4, 0.5) is 0 Å². The molecule has 0 saturated carbocycles. The Morgan fingerprint density at radius 1 is 1.00 bits per heavy atom. The summed E-state index contributed by atoms with van der Waals surface area (Å²) < 4.78 is 0. The van der Waals surface area contributed by atoms with Crippen LogP contribution >= 0.6 is 0 Å². The van der Waals surface area contributed by atoms with E-state index in [1.165, 1.54) is 0 Å². The highest BCUT2D eigenvalue weighted by Crippen LogP contribution is 2.25. The first-order chi connectivity index (χ1) is 13.3. The van der Waals surface area contributed by atoms with Crippen molar-refractivity contribution in [2.24, 2.45) is 11.8 Å². The summed E-state index contributed by atoms with van der Waals surface area (Å²) in [5.41, 5.74) is 1.97. The number of hydrogen-bond donors (Lipinski definition) is 1. The van der Waals surface area contributed by atoms with Gasteiger partial charge in [0, 0.05) is 39.3 Å². The molecule has 152 valence electrons. The molecule has 0 aromatic heterocycles. The van der Waals surface area contributed by atoms with Crippen molar-refractivity contribution in [1.82, 2.24) is 14.7 Å². The van der Waals surface area contributed by atoms with E-state index in [1.54, 1.807) is 4.90 Å². The Morgan fingerprint density at radius 3 is 2.29 bits per heavy atom. The molecular formula is C21H29N3O4. The van der Waals surface area contributed by atoms with Crippen LogP contribution in [0.2, 0.25) is 0 Å². The maximum absolute atomic E-state index is 13.0. The Hall–Kier alpha value is -2.41. The lowest BCUT2D eigenvalue weighted by Crippen LogP contribution is -2.54. The Kier molecular flexibility index (Phi) is 6.34. The number of amides is 2. The van der Waals surface area contributed by atoms with Gasteiger partial charge in [0.1, 0.15) is 0 Å². The molecular weight excluding hydrogens is 358 g/mol. The zero-order valence-electron chi connectivity index (χ0n) is 16.6. The minimum atomic E-state index is -0.940. The van der Waals surface area contributed by atoms with Gasteiger partial charge < -0.3 is 19.8 Å². The van der Waals surface area contributed by atoms with Gasteiger partial charge >= 0.3 is 5.97 Å². The summed E-state index contributed by atoms with van der Waals surface area (Å²) in [5, 5.41) is 9.55. The summed E-state index contributed by atoms with van der Waals surface area (Å²) in [6.07, 6.45) is 0.531. The number of piperidine rings is 1. The van der Waals surface area contributed by atoms with E-state index in [0.29, 0.717) is 26.1 Å². The second kappa shape index (κ2) is 8.73. The second-order valence-electron chi connectivity index (χ2n) is 8.00. The van der Waals surface area contributed by atoms with E-state index in [9.17, 15) is 19.5 Å². The van der Waals surface area contributed by atoms with Crippen molar-refractivity contribution >= 4 is 17.8 Å². The minimum Gasteiger partial charge on any atom is -0.481 e. The molecule has 2 saturated heterocycles. The predicted octanol–water partition coefficient (Wildman–Crippen LogP) is 0.861. The molecule has 0 spiro atoms. The lowest BCUT2D eigenvalue weighted by molar-refractivity contribution is -0.150. The molecule has 2 aliphatic rings. The smallest absolute Gasteiger partial charge is 0.308 e. The molecule has 7 nitrogen and oxygen atoms in total. The van der Waals surface area contributed by atoms with E-state index in [-0.39, 0.29) is 24.8 Å². The third-order valence-electron chi connectivity index (χ3n) is 5.92. The SMILES string of the molecule is Cc1ccccc1CC(=O)N1C[C@@H](C(=O)O)C[C@@H](C(=O)N2CCN(C)CC2)C1. The molecule has 0 unspecified atom stereocenters. The second-order valence-corrected chi connectivity index (χ2v) is 8.00. The highest BCUT2D eigenvalue weighted by Gasteiger charge is 2.38. The van der Waals surface area contributed by atoms with Crippen molar-refractivity contribution in [3.63, 3.8) is 0 Å². The van der Waals surface area contributed by atoms with Gasteiger partial charge in [-0.1, -0.05) is 24.3 Å². The van der Waals surface area contributed by atoms with Crippen LogP contribution in [0.15, 0.2) is 24.3 Å². The first-order valence-corrected chi connectivity index (χ1v) is 9.87. The normalized spacial score (nSPS) is 23.5. The number of rotatable bonds is 4. The monoisotopic (exact) mass is 387 g/mol. The van der Waals surface area contributed by atoms with E-state index in [4.69, 9.17) is 0 Å². The fourth-order valence-electron chi connectivity index (χ4n) is 4.03. The first-order valence-electron chi connectivity index (χ1n) is 9.87. The zero-order chi connectivity index (χ0) is 20.3. The molecule has 0 bridgehead atoms. The quantitative estimate of drug-likeness (QED) is 0.829. The van der Waals surface area contributed by atoms with Crippen LogP contribution in [-0.4, -0.2) is 83.9 Å². The molecule has 2 amide bonds. The summed E-state index contributed by atoms with van der Waals surface area (Å²) in [6, 6.07) is 7.69. The van der Waals surface area contributed by atoms with Crippen LogP contribution in [0.5, 0.6) is 0 Å². The molecule has 28 heavy (non-hydrogen) atoms. The molecule has 3 rings (SSSR count). The summed E-state index contributed by atoms with van der Waals surface area (Å²) in [4.78, 5) is 43.1. The van der Waals surface area contributed by atoms with Gasteiger partial charge in [0.05, 0.1) is 18.3 Å². The Morgan fingerprint density at radius 2 is 1.64 bits per heavy atom. The van der Waals surface area contributed by atoms with Gasteiger partial charge in [0.25, 0.3) is 0 Å². The number of carbonyl (C=O) groups excluding carboxylic acids is 2. The summed E-state index contributed by atoms with van der Waals surface area (Å²) >= 11 is 0. The standard InChI is InChI=1S/C21H29N3O4/c1-15-5-3-4-6-16(15)12-19(25)24-13-17(11-18(14-24)21(27)28)20(26)23-9-7-22(2)8-10-23/h3-6,17-18H,7-14H2,1-2H3,(H,27,28)/t17-,18+/m1/s1. The van der Waals surface area contributed by atoms with E-state index in [2.05, 4.69) is 4.90 Å². The van der Waals surface area contributed by atoms with Gasteiger partial charge in [-0.15, -0.1) is 0 Å². The van der Waals surface area contributed by atoms with Gasteiger partial charge in [-0.05, 0) is 31.5 Å². The third kappa shape index (κ3) is 4.70. The fraction of sp³-hybridized carbons (Fsp3) is 0.571. The summed E-state index contributed by atoms with van der Waals surface area (Å²) in [5.74, 6) is -2.22. The Bertz CT molecular complexity index is 743. The number of carboxylic acids is 1. The molecule has 1 aromatic rings. The number of aliphatic carboxylic acids is 1. The van der Waals surface area contributed by atoms with Crippen molar-refractivity contribution in [2.45, 2.75) is 19.8 Å². The molecule has 1 aromatic carbocycles. The molecule has 7 heteroatoms. The minimum absolute atomic E-state index is 0.0206. The lowest BCUT2D eigenvalue weighted by Gasteiger charge is -2.39. The maximum atomic E-state index is 13.0. The van der Waals surface area contributed by atoms with Gasteiger partial charge in [-0.3, -0.25) is 14.4 Å². The molecule has 1 N–H and O–H groups in total.